The highest BCUT2D eigenvalue weighted by atomic mass is 32.2. The zero-order chi connectivity index (χ0) is 19.4. The molecule has 0 spiro atoms. The van der Waals surface area contributed by atoms with Crippen LogP contribution in [0.2, 0.25) is 0 Å². The van der Waals surface area contributed by atoms with Gasteiger partial charge >= 0.3 is 0 Å². The largest absolute Gasteiger partial charge is 0.349 e. The van der Waals surface area contributed by atoms with Gasteiger partial charge in [0.2, 0.25) is 5.91 Å². The third-order valence-electron chi connectivity index (χ3n) is 4.52. The van der Waals surface area contributed by atoms with E-state index in [-0.39, 0.29) is 11.9 Å². The van der Waals surface area contributed by atoms with Crippen LogP contribution in [0.3, 0.4) is 0 Å². The average Bonchev–Trinajstić information content (AvgIpc) is 3.30. The molecule has 0 saturated carbocycles. The number of thioether (sulfide) groups is 1. The number of nitrogens with one attached hydrogen (secondary N) is 1. The first-order valence-electron chi connectivity index (χ1n) is 8.96. The molecule has 5 nitrogen and oxygen atoms in total. The Hall–Kier alpha value is -2.12. The van der Waals surface area contributed by atoms with E-state index in [1.54, 1.807) is 11.3 Å². The molecule has 0 saturated heterocycles. The van der Waals surface area contributed by atoms with Crippen molar-refractivity contribution >= 4 is 29.0 Å². The van der Waals surface area contributed by atoms with Crippen molar-refractivity contribution in [2.75, 3.05) is 5.75 Å². The summed E-state index contributed by atoms with van der Waals surface area (Å²) in [5, 5.41) is 14.4. The summed E-state index contributed by atoms with van der Waals surface area (Å²) in [7, 11) is 0. The van der Waals surface area contributed by atoms with E-state index in [0.717, 1.165) is 28.0 Å². The molecule has 0 unspecified atom stereocenters. The molecule has 0 radical (unpaired) electrons. The van der Waals surface area contributed by atoms with Gasteiger partial charge in [-0.15, -0.1) is 21.5 Å². The fourth-order valence-corrected chi connectivity index (χ4v) is 4.33. The van der Waals surface area contributed by atoms with Crippen molar-refractivity contribution in [2.24, 2.45) is 0 Å². The molecule has 1 N–H and O–H groups in total. The summed E-state index contributed by atoms with van der Waals surface area (Å²) >= 11 is 3.06. The molecule has 1 atom stereocenters. The normalized spacial score (nSPS) is 12.1. The second-order valence-electron chi connectivity index (χ2n) is 6.45. The second-order valence-corrected chi connectivity index (χ2v) is 8.34. The molecule has 0 aliphatic rings. The lowest BCUT2D eigenvalue weighted by Gasteiger charge is -2.15. The van der Waals surface area contributed by atoms with E-state index in [2.05, 4.69) is 59.1 Å². The van der Waals surface area contributed by atoms with Crippen molar-refractivity contribution in [1.82, 2.24) is 20.1 Å². The number of thiophene rings is 1. The Morgan fingerprint density at radius 1 is 1.26 bits per heavy atom. The molecule has 3 rings (SSSR count). The molecule has 2 aromatic heterocycles. The Morgan fingerprint density at radius 3 is 2.74 bits per heavy atom. The van der Waals surface area contributed by atoms with Crippen LogP contribution in [0.25, 0.3) is 10.7 Å². The van der Waals surface area contributed by atoms with Crippen LogP contribution < -0.4 is 5.32 Å². The van der Waals surface area contributed by atoms with Crippen LogP contribution in [0.4, 0.5) is 0 Å². The lowest BCUT2D eigenvalue weighted by Crippen LogP contribution is -2.28. The van der Waals surface area contributed by atoms with Gasteiger partial charge in [0.05, 0.1) is 16.7 Å². The Kier molecular flexibility index (Phi) is 6.34. The van der Waals surface area contributed by atoms with Crippen molar-refractivity contribution in [3.8, 4) is 10.7 Å². The van der Waals surface area contributed by atoms with Crippen LogP contribution in [0, 0.1) is 13.8 Å². The van der Waals surface area contributed by atoms with Gasteiger partial charge in [-0.3, -0.25) is 4.79 Å². The fourth-order valence-electron chi connectivity index (χ4n) is 2.80. The Morgan fingerprint density at radius 2 is 2.07 bits per heavy atom. The number of rotatable bonds is 7. The predicted octanol–water partition coefficient (Wildman–Crippen LogP) is 4.61. The third-order valence-corrected chi connectivity index (χ3v) is 6.35. The Bertz CT molecular complexity index is 918. The molecule has 3 aromatic rings. The SMILES string of the molecule is CCn1c(SCC(=O)N[C@H](C)c2ccc(C)c(C)c2)nnc1-c1cccs1. The molecule has 0 fully saturated rings. The van der Waals surface area contributed by atoms with Gasteiger partial charge in [-0.05, 0) is 55.8 Å². The van der Waals surface area contributed by atoms with Crippen molar-refractivity contribution in [3.63, 3.8) is 0 Å². The quantitative estimate of drug-likeness (QED) is 0.588. The Balaban J connectivity index is 1.61. The van der Waals surface area contributed by atoms with Crippen molar-refractivity contribution in [3.05, 3.63) is 52.4 Å². The van der Waals surface area contributed by atoms with Crippen LogP contribution in [0.15, 0.2) is 40.9 Å². The van der Waals surface area contributed by atoms with E-state index in [4.69, 9.17) is 0 Å². The number of carbonyl (C=O) groups excluding carboxylic acids is 1. The molecular weight excluding hydrogens is 376 g/mol. The topological polar surface area (TPSA) is 59.8 Å². The number of amides is 1. The lowest BCUT2D eigenvalue weighted by atomic mass is 10.0. The van der Waals surface area contributed by atoms with Crippen LogP contribution in [0.5, 0.6) is 0 Å². The summed E-state index contributed by atoms with van der Waals surface area (Å²) in [6.45, 7) is 9.02. The number of aromatic nitrogens is 3. The number of hydrogen-bond donors (Lipinski definition) is 1. The van der Waals surface area contributed by atoms with Crippen LogP contribution >= 0.6 is 23.1 Å². The minimum Gasteiger partial charge on any atom is -0.349 e. The first kappa shape index (κ1) is 19.6. The van der Waals surface area contributed by atoms with Gasteiger partial charge in [0.1, 0.15) is 0 Å². The molecule has 1 aromatic carbocycles. The first-order valence-corrected chi connectivity index (χ1v) is 10.8. The van der Waals surface area contributed by atoms with Gasteiger partial charge in [-0.1, -0.05) is 36.0 Å². The zero-order valence-electron chi connectivity index (χ0n) is 16.0. The smallest absolute Gasteiger partial charge is 0.230 e. The van der Waals surface area contributed by atoms with Gasteiger partial charge in [-0.2, -0.15) is 0 Å². The summed E-state index contributed by atoms with van der Waals surface area (Å²) in [6, 6.07) is 10.3. The molecule has 142 valence electrons. The van der Waals surface area contributed by atoms with Crippen molar-refractivity contribution in [1.29, 1.82) is 0 Å². The van der Waals surface area contributed by atoms with E-state index in [1.165, 1.54) is 22.9 Å². The van der Waals surface area contributed by atoms with E-state index in [0.29, 0.717) is 5.75 Å². The highest BCUT2D eigenvalue weighted by Gasteiger charge is 2.16. The molecule has 0 aliphatic carbocycles. The lowest BCUT2D eigenvalue weighted by molar-refractivity contribution is -0.119. The minimum atomic E-state index is -0.0249. The Labute approximate surface area is 168 Å². The number of nitrogens with zero attached hydrogens (tertiary/aromatic N) is 3. The summed E-state index contributed by atoms with van der Waals surface area (Å²) in [6.07, 6.45) is 0. The van der Waals surface area contributed by atoms with Crippen molar-refractivity contribution in [2.45, 2.75) is 45.4 Å². The van der Waals surface area contributed by atoms with E-state index in [9.17, 15) is 4.79 Å². The van der Waals surface area contributed by atoms with E-state index in [1.807, 2.05) is 24.4 Å². The number of carbonyl (C=O) groups is 1. The first-order chi connectivity index (χ1) is 13.0. The maximum atomic E-state index is 12.4. The molecule has 0 bridgehead atoms. The van der Waals surface area contributed by atoms with Gasteiger partial charge in [-0.25, -0.2) is 0 Å². The highest BCUT2D eigenvalue weighted by Crippen LogP contribution is 2.27. The molecule has 0 aliphatic heterocycles. The van der Waals surface area contributed by atoms with Crippen LogP contribution in [-0.4, -0.2) is 26.4 Å². The van der Waals surface area contributed by atoms with Gasteiger partial charge in [0.25, 0.3) is 0 Å². The average molecular weight is 401 g/mol. The fraction of sp³-hybridized carbons (Fsp3) is 0.350. The number of aryl methyl sites for hydroxylation is 2. The molecular formula is C20H24N4OS2. The van der Waals surface area contributed by atoms with Crippen molar-refractivity contribution < 1.29 is 4.79 Å². The van der Waals surface area contributed by atoms with E-state index < -0.39 is 0 Å². The molecule has 1 amide bonds. The highest BCUT2D eigenvalue weighted by molar-refractivity contribution is 7.99. The standard InChI is InChI=1S/C20H24N4OS2/c1-5-24-19(17-7-6-10-26-17)22-23-20(24)27-12-18(25)21-15(4)16-9-8-13(2)14(3)11-16/h6-11,15H,5,12H2,1-4H3,(H,21,25)/t15-/m1/s1. The predicted molar refractivity (Wildman–Crippen MR) is 112 cm³/mol. The summed E-state index contributed by atoms with van der Waals surface area (Å²) in [5.74, 6) is 1.17. The zero-order valence-corrected chi connectivity index (χ0v) is 17.7. The summed E-state index contributed by atoms with van der Waals surface area (Å²) in [4.78, 5) is 13.5. The third kappa shape index (κ3) is 4.59. The van der Waals surface area contributed by atoms with Crippen LogP contribution in [0.1, 0.15) is 36.6 Å². The summed E-state index contributed by atoms with van der Waals surface area (Å²) in [5.41, 5.74) is 3.61. The van der Waals surface area contributed by atoms with Gasteiger partial charge < -0.3 is 9.88 Å². The second kappa shape index (κ2) is 8.71. The molecule has 7 heteroatoms. The van der Waals surface area contributed by atoms with Gasteiger partial charge in [0, 0.05) is 6.54 Å². The minimum absolute atomic E-state index is 0.00550. The molecule has 27 heavy (non-hydrogen) atoms. The summed E-state index contributed by atoms with van der Waals surface area (Å²) < 4.78 is 2.05. The van der Waals surface area contributed by atoms with Gasteiger partial charge in [0.15, 0.2) is 11.0 Å². The maximum absolute atomic E-state index is 12.4. The van der Waals surface area contributed by atoms with E-state index >= 15 is 0 Å². The monoisotopic (exact) mass is 400 g/mol. The maximum Gasteiger partial charge on any atom is 0.230 e. The molecule has 2 heterocycles. The number of benzene rings is 1. The van der Waals surface area contributed by atoms with Crippen LogP contribution in [-0.2, 0) is 11.3 Å². The number of hydrogen-bond acceptors (Lipinski definition) is 5.